The van der Waals surface area contributed by atoms with Gasteiger partial charge in [-0.2, -0.15) is 0 Å². The van der Waals surface area contributed by atoms with Crippen LogP contribution < -0.4 is 9.64 Å². The Morgan fingerprint density at radius 3 is 2.67 bits per heavy atom. The zero-order chi connectivity index (χ0) is 18.6. The van der Waals surface area contributed by atoms with Crippen molar-refractivity contribution in [1.82, 2.24) is 15.1 Å². The van der Waals surface area contributed by atoms with E-state index >= 15 is 0 Å². The average molecular weight is 364 g/mol. The van der Waals surface area contributed by atoms with Crippen LogP contribution in [0.3, 0.4) is 0 Å². The Balaban J connectivity index is 1.39. The highest BCUT2D eigenvalue weighted by Gasteiger charge is 2.25. The van der Waals surface area contributed by atoms with Crippen LogP contribution in [0.2, 0.25) is 0 Å². The molecule has 0 aliphatic carbocycles. The Bertz CT molecular complexity index is 881. The summed E-state index contributed by atoms with van der Waals surface area (Å²) in [5.41, 5.74) is 2.10. The van der Waals surface area contributed by atoms with Crippen molar-refractivity contribution in [3.63, 3.8) is 0 Å². The lowest BCUT2D eigenvalue weighted by atomic mass is 10.2. The van der Waals surface area contributed by atoms with E-state index < -0.39 is 0 Å². The SMILES string of the molecule is CCN1C[C@H](CN(C)Cc2nnc(-c3ccccc3)o2)Oc2ccccc21. The molecule has 2 heterocycles. The van der Waals surface area contributed by atoms with E-state index in [9.17, 15) is 0 Å². The van der Waals surface area contributed by atoms with Crippen molar-refractivity contribution in [1.29, 1.82) is 0 Å². The Morgan fingerprint density at radius 1 is 1.07 bits per heavy atom. The number of rotatable bonds is 6. The molecule has 0 saturated heterocycles. The van der Waals surface area contributed by atoms with Gasteiger partial charge in [0.1, 0.15) is 11.9 Å². The highest BCUT2D eigenvalue weighted by molar-refractivity contribution is 5.60. The number of para-hydroxylation sites is 2. The van der Waals surface area contributed by atoms with Gasteiger partial charge in [-0.05, 0) is 38.2 Å². The molecule has 6 nitrogen and oxygen atoms in total. The average Bonchev–Trinajstić information content (AvgIpc) is 3.16. The minimum absolute atomic E-state index is 0.0985. The minimum atomic E-state index is 0.0985. The molecule has 0 fully saturated rings. The molecule has 0 amide bonds. The number of fused-ring (bicyclic) bond motifs is 1. The summed E-state index contributed by atoms with van der Waals surface area (Å²) in [4.78, 5) is 4.52. The Labute approximate surface area is 159 Å². The lowest BCUT2D eigenvalue weighted by molar-refractivity contribution is 0.135. The van der Waals surface area contributed by atoms with Crippen molar-refractivity contribution >= 4 is 5.69 Å². The third-order valence-electron chi connectivity index (χ3n) is 4.71. The van der Waals surface area contributed by atoms with Crippen molar-refractivity contribution in [3.8, 4) is 17.2 Å². The zero-order valence-corrected chi connectivity index (χ0v) is 15.7. The Hall–Kier alpha value is -2.86. The van der Waals surface area contributed by atoms with Crippen molar-refractivity contribution in [2.45, 2.75) is 19.6 Å². The molecule has 1 aliphatic heterocycles. The van der Waals surface area contributed by atoms with E-state index in [4.69, 9.17) is 9.15 Å². The first-order valence-electron chi connectivity index (χ1n) is 9.30. The van der Waals surface area contributed by atoms with Gasteiger partial charge in [0.05, 0.1) is 18.8 Å². The summed E-state index contributed by atoms with van der Waals surface area (Å²) in [6, 6.07) is 18.0. The number of ether oxygens (including phenoxy) is 1. The molecule has 0 N–H and O–H groups in total. The maximum absolute atomic E-state index is 6.20. The summed E-state index contributed by atoms with van der Waals surface area (Å²) < 4.78 is 12.0. The number of benzene rings is 2. The first-order chi connectivity index (χ1) is 13.2. The van der Waals surface area contributed by atoms with Crippen molar-refractivity contribution in [3.05, 3.63) is 60.5 Å². The molecule has 0 spiro atoms. The molecule has 2 aromatic carbocycles. The molecular weight excluding hydrogens is 340 g/mol. The molecule has 6 heteroatoms. The van der Waals surface area contributed by atoms with Crippen molar-refractivity contribution in [2.75, 3.05) is 31.6 Å². The van der Waals surface area contributed by atoms with Gasteiger partial charge < -0.3 is 14.1 Å². The summed E-state index contributed by atoms with van der Waals surface area (Å²) >= 11 is 0. The van der Waals surface area contributed by atoms with Crippen LogP contribution in [-0.2, 0) is 6.54 Å². The fourth-order valence-corrected chi connectivity index (χ4v) is 3.43. The summed E-state index contributed by atoms with van der Waals surface area (Å²) in [6.07, 6.45) is 0.0985. The minimum Gasteiger partial charge on any atom is -0.485 e. The second-order valence-electron chi connectivity index (χ2n) is 6.81. The van der Waals surface area contributed by atoms with Gasteiger partial charge >= 0.3 is 0 Å². The molecule has 0 saturated carbocycles. The number of nitrogens with zero attached hydrogens (tertiary/aromatic N) is 4. The summed E-state index contributed by atoms with van der Waals surface area (Å²) in [6.45, 7) is 5.38. The molecule has 1 atom stereocenters. The Morgan fingerprint density at radius 2 is 1.85 bits per heavy atom. The quantitative estimate of drug-likeness (QED) is 0.668. The van der Waals surface area contributed by atoms with Gasteiger partial charge in [0, 0.05) is 18.7 Å². The highest BCUT2D eigenvalue weighted by Crippen LogP contribution is 2.32. The molecule has 0 bridgehead atoms. The van der Waals surface area contributed by atoms with Gasteiger partial charge in [-0.1, -0.05) is 30.3 Å². The van der Waals surface area contributed by atoms with Gasteiger partial charge in [-0.3, -0.25) is 4.90 Å². The molecule has 3 aromatic rings. The van der Waals surface area contributed by atoms with E-state index in [1.54, 1.807) is 0 Å². The summed E-state index contributed by atoms with van der Waals surface area (Å²) in [7, 11) is 2.05. The largest absolute Gasteiger partial charge is 0.485 e. The molecule has 4 rings (SSSR count). The fourth-order valence-electron chi connectivity index (χ4n) is 3.43. The topological polar surface area (TPSA) is 54.6 Å². The monoisotopic (exact) mass is 364 g/mol. The van der Waals surface area contributed by atoms with Gasteiger partial charge in [0.15, 0.2) is 0 Å². The van der Waals surface area contributed by atoms with Crippen molar-refractivity contribution in [2.24, 2.45) is 0 Å². The molecule has 0 radical (unpaired) electrons. The van der Waals surface area contributed by atoms with Crippen LogP contribution in [0.5, 0.6) is 5.75 Å². The van der Waals surface area contributed by atoms with Crippen LogP contribution in [0.15, 0.2) is 59.0 Å². The van der Waals surface area contributed by atoms with Crippen LogP contribution in [-0.4, -0.2) is 47.9 Å². The fraction of sp³-hybridized carbons (Fsp3) is 0.333. The Kier molecular flexibility index (Phi) is 5.07. The van der Waals surface area contributed by atoms with Crippen LogP contribution >= 0.6 is 0 Å². The normalized spacial score (nSPS) is 16.3. The zero-order valence-electron chi connectivity index (χ0n) is 15.7. The van der Waals surface area contributed by atoms with Crippen molar-refractivity contribution < 1.29 is 9.15 Å². The molecule has 140 valence electrons. The van der Waals surface area contributed by atoms with E-state index in [1.165, 1.54) is 5.69 Å². The summed E-state index contributed by atoms with van der Waals surface area (Å²) in [5, 5.41) is 8.34. The van der Waals surface area contributed by atoms with Gasteiger partial charge in [0.25, 0.3) is 0 Å². The van der Waals surface area contributed by atoms with Crippen LogP contribution in [0, 0.1) is 0 Å². The van der Waals surface area contributed by atoms with Gasteiger partial charge in [0.2, 0.25) is 11.8 Å². The third kappa shape index (κ3) is 3.95. The third-order valence-corrected chi connectivity index (χ3v) is 4.71. The standard InChI is InChI=1S/C21H24N4O2/c1-3-25-14-17(26-19-12-8-7-11-18(19)25)13-24(2)15-20-22-23-21(27-20)16-9-5-4-6-10-16/h4-12,17H,3,13-15H2,1-2H3/t17-/m0/s1. The van der Waals surface area contributed by atoms with E-state index in [0.717, 1.165) is 30.9 Å². The van der Waals surface area contributed by atoms with Crippen LogP contribution in [0.4, 0.5) is 5.69 Å². The second-order valence-corrected chi connectivity index (χ2v) is 6.81. The van der Waals surface area contributed by atoms with E-state index in [0.29, 0.717) is 18.3 Å². The molecule has 1 aromatic heterocycles. The van der Waals surface area contributed by atoms with E-state index in [2.05, 4.69) is 39.1 Å². The van der Waals surface area contributed by atoms with Crippen LogP contribution in [0.1, 0.15) is 12.8 Å². The lowest BCUT2D eigenvalue weighted by Crippen LogP contribution is -2.45. The lowest BCUT2D eigenvalue weighted by Gasteiger charge is -2.37. The highest BCUT2D eigenvalue weighted by atomic mass is 16.5. The molecule has 0 unspecified atom stereocenters. The second kappa shape index (κ2) is 7.80. The predicted molar refractivity (Wildman–Crippen MR) is 105 cm³/mol. The maximum atomic E-state index is 6.20. The number of hydrogen-bond donors (Lipinski definition) is 0. The summed E-state index contributed by atoms with van der Waals surface area (Å²) in [5.74, 6) is 2.12. The molecule has 27 heavy (non-hydrogen) atoms. The van der Waals surface area contributed by atoms with Gasteiger partial charge in [-0.15, -0.1) is 10.2 Å². The predicted octanol–water partition coefficient (Wildman–Crippen LogP) is 3.46. The number of anilines is 1. The first kappa shape index (κ1) is 17.5. The van der Waals surface area contributed by atoms with Crippen LogP contribution in [0.25, 0.3) is 11.5 Å². The van der Waals surface area contributed by atoms with Gasteiger partial charge in [-0.25, -0.2) is 0 Å². The smallest absolute Gasteiger partial charge is 0.247 e. The van der Waals surface area contributed by atoms with E-state index in [1.807, 2.05) is 49.5 Å². The number of hydrogen-bond acceptors (Lipinski definition) is 6. The molecule has 1 aliphatic rings. The van der Waals surface area contributed by atoms with E-state index in [-0.39, 0.29) is 6.10 Å². The molecular formula is C21H24N4O2. The number of likely N-dealkylation sites (N-methyl/N-ethyl adjacent to an activating group) is 2. The number of aromatic nitrogens is 2. The maximum Gasteiger partial charge on any atom is 0.247 e. The first-order valence-corrected chi connectivity index (χ1v) is 9.30.